The minimum absolute atomic E-state index is 0.154. The summed E-state index contributed by atoms with van der Waals surface area (Å²) in [6.45, 7) is -1.42. The second kappa shape index (κ2) is 5.81. The SMILES string of the molecule is NC(COCC(F)(F)F)c1cc(Br)c(Br)s1. The van der Waals surface area contributed by atoms with E-state index in [0.717, 1.165) is 13.1 Å². The third kappa shape index (κ3) is 4.70. The molecule has 0 saturated carbocycles. The molecule has 0 amide bonds. The highest BCUT2D eigenvalue weighted by atomic mass is 79.9. The van der Waals surface area contributed by atoms with E-state index in [2.05, 4.69) is 36.6 Å². The van der Waals surface area contributed by atoms with E-state index in [1.54, 1.807) is 6.07 Å². The summed E-state index contributed by atoms with van der Waals surface area (Å²) in [6.07, 6.45) is -4.31. The Labute approximate surface area is 111 Å². The lowest BCUT2D eigenvalue weighted by molar-refractivity contribution is -0.174. The van der Waals surface area contributed by atoms with Crippen LogP contribution in [0.2, 0.25) is 0 Å². The summed E-state index contributed by atoms with van der Waals surface area (Å²) in [5, 5.41) is 0. The van der Waals surface area contributed by atoms with E-state index >= 15 is 0 Å². The number of hydrogen-bond donors (Lipinski definition) is 1. The van der Waals surface area contributed by atoms with Gasteiger partial charge >= 0.3 is 6.18 Å². The maximum atomic E-state index is 11.8. The van der Waals surface area contributed by atoms with Crippen molar-refractivity contribution in [2.75, 3.05) is 13.2 Å². The molecule has 0 aromatic carbocycles. The number of halogens is 5. The highest BCUT2D eigenvalue weighted by Gasteiger charge is 2.27. The Morgan fingerprint density at radius 2 is 2.06 bits per heavy atom. The largest absolute Gasteiger partial charge is 0.411 e. The van der Waals surface area contributed by atoms with Gasteiger partial charge in [0.25, 0.3) is 0 Å². The Kier molecular flexibility index (Phi) is 5.24. The molecule has 1 atom stereocenters. The Hall–Kier alpha value is 0.370. The Balaban J connectivity index is 2.44. The van der Waals surface area contributed by atoms with Crippen molar-refractivity contribution in [3.8, 4) is 0 Å². The summed E-state index contributed by atoms with van der Waals surface area (Å²) >= 11 is 7.91. The van der Waals surface area contributed by atoms with E-state index in [4.69, 9.17) is 5.73 Å². The maximum absolute atomic E-state index is 11.8. The molecule has 1 aromatic rings. The summed E-state index contributed by atoms with van der Waals surface area (Å²) in [6, 6.07) is 1.21. The van der Waals surface area contributed by atoms with Gasteiger partial charge in [-0.2, -0.15) is 13.2 Å². The molecule has 0 radical (unpaired) electrons. The van der Waals surface area contributed by atoms with Crippen LogP contribution in [0.25, 0.3) is 0 Å². The van der Waals surface area contributed by atoms with Crippen molar-refractivity contribution in [3.63, 3.8) is 0 Å². The summed E-state index contributed by atoms with van der Waals surface area (Å²) < 4.78 is 41.6. The Morgan fingerprint density at radius 1 is 1.44 bits per heavy atom. The van der Waals surface area contributed by atoms with Crippen molar-refractivity contribution < 1.29 is 17.9 Å². The van der Waals surface area contributed by atoms with E-state index in [-0.39, 0.29) is 6.61 Å². The number of rotatable bonds is 4. The van der Waals surface area contributed by atoms with Crippen LogP contribution in [0.3, 0.4) is 0 Å². The van der Waals surface area contributed by atoms with E-state index < -0.39 is 18.8 Å². The first-order valence-corrected chi connectivity index (χ1v) is 6.54. The predicted octanol–water partition coefficient (Wildman–Crippen LogP) is 3.85. The minimum Gasteiger partial charge on any atom is -0.370 e. The van der Waals surface area contributed by atoms with Crippen molar-refractivity contribution in [2.24, 2.45) is 5.73 Å². The molecule has 92 valence electrons. The van der Waals surface area contributed by atoms with Gasteiger partial charge in [0.15, 0.2) is 0 Å². The van der Waals surface area contributed by atoms with Crippen molar-refractivity contribution in [1.29, 1.82) is 0 Å². The third-order valence-electron chi connectivity index (χ3n) is 1.59. The molecule has 16 heavy (non-hydrogen) atoms. The molecule has 0 spiro atoms. The molecule has 0 aliphatic carbocycles. The molecule has 1 heterocycles. The van der Waals surface area contributed by atoms with Gasteiger partial charge in [-0.3, -0.25) is 0 Å². The molecule has 0 fully saturated rings. The van der Waals surface area contributed by atoms with Gasteiger partial charge in [0.2, 0.25) is 0 Å². The van der Waals surface area contributed by atoms with Crippen LogP contribution in [-0.4, -0.2) is 19.4 Å². The predicted molar refractivity (Wildman–Crippen MR) is 63.5 cm³/mol. The van der Waals surface area contributed by atoms with Gasteiger partial charge in [0.1, 0.15) is 6.61 Å². The molecule has 0 aliphatic heterocycles. The van der Waals surface area contributed by atoms with Gasteiger partial charge in [0, 0.05) is 9.35 Å². The average Bonchev–Trinajstić information content (AvgIpc) is 2.45. The molecule has 0 bridgehead atoms. The number of hydrogen-bond acceptors (Lipinski definition) is 3. The highest BCUT2D eigenvalue weighted by molar-refractivity contribution is 9.13. The quantitative estimate of drug-likeness (QED) is 0.858. The van der Waals surface area contributed by atoms with Crippen LogP contribution in [0, 0.1) is 0 Å². The van der Waals surface area contributed by atoms with Crippen molar-refractivity contribution in [3.05, 3.63) is 19.2 Å². The molecule has 0 aliphatic rings. The lowest BCUT2D eigenvalue weighted by Gasteiger charge is -2.11. The van der Waals surface area contributed by atoms with Crippen LogP contribution in [0.1, 0.15) is 10.9 Å². The number of thiophene rings is 1. The van der Waals surface area contributed by atoms with Crippen LogP contribution in [0.15, 0.2) is 14.3 Å². The zero-order valence-electron chi connectivity index (χ0n) is 7.85. The number of nitrogens with two attached hydrogens (primary N) is 1. The fourth-order valence-electron chi connectivity index (χ4n) is 0.930. The highest BCUT2D eigenvalue weighted by Crippen LogP contribution is 2.34. The van der Waals surface area contributed by atoms with Gasteiger partial charge in [0.05, 0.1) is 16.4 Å². The van der Waals surface area contributed by atoms with E-state index in [1.807, 2.05) is 0 Å². The van der Waals surface area contributed by atoms with Gasteiger partial charge in [-0.25, -0.2) is 0 Å². The molecule has 8 heteroatoms. The summed E-state index contributed by atoms with van der Waals surface area (Å²) in [4.78, 5) is 0.765. The summed E-state index contributed by atoms with van der Waals surface area (Å²) in [5.74, 6) is 0. The average molecular weight is 383 g/mol. The monoisotopic (exact) mass is 381 g/mol. The van der Waals surface area contributed by atoms with Crippen LogP contribution in [0.4, 0.5) is 13.2 Å². The first-order chi connectivity index (χ1) is 7.29. The van der Waals surface area contributed by atoms with Gasteiger partial charge in [-0.1, -0.05) is 0 Å². The van der Waals surface area contributed by atoms with Crippen LogP contribution in [-0.2, 0) is 4.74 Å². The normalized spacial score (nSPS) is 14.1. The minimum atomic E-state index is -4.31. The second-order valence-corrected chi connectivity index (χ2v) is 6.26. The molecular formula is C8H8Br2F3NOS. The summed E-state index contributed by atoms with van der Waals surface area (Å²) in [5.41, 5.74) is 5.68. The van der Waals surface area contributed by atoms with Crippen molar-refractivity contribution >= 4 is 43.2 Å². The van der Waals surface area contributed by atoms with E-state index in [0.29, 0.717) is 0 Å². The standard InChI is InChI=1S/C8H8Br2F3NOS/c9-4-1-6(16-7(4)10)5(14)2-15-3-8(11,12)13/h1,5H,2-3,14H2. The fourth-order valence-corrected chi connectivity index (χ4v) is 3.01. The lowest BCUT2D eigenvalue weighted by Crippen LogP contribution is -2.22. The van der Waals surface area contributed by atoms with E-state index in [1.165, 1.54) is 11.3 Å². The van der Waals surface area contributed by atoms with Crippen LogP contribution >= 0.6 is 43.2 Å². The molecule has 1 unspecified atom stereocenters. The fraction of sp³-hybridized carbons (Fsp3) is 0.500. The first kappa shape index (κ1) is 14.4. The zero-order valence-corrected chi connectivity index (χ0v) is 11.8. The molecular weight excluding hydrogens is 375 g/mol. The van der Waals surface area contributed by atoms with Crippen molar-refractivity contribution in [1.82, 2.24) is 0 Å². The molecule has 1 rings (SSSR count). The molecule has 2 nitrogen and oxygen atoms in total. The summed E-state index contributed by atoms with van der Waals surface area (Å²) in [7, 11) is 0. The lowest BCUT2D eigenvalue weighted by atomic mass is 10.3. The third-order valence-corrected chi connectivity index (χ3v) is 4.98. The first-order valence-electron chi connectivity index (χ1n) is 4.14. The van der Waals surface area contributed by atoms with Gasteiger partial charge in [-0.05, 0) is 37.9 Å². The molecule has 2 N–H and O–H groups in total. The van der Waals surface area contributed by atoms with Gasteiger partial charge in [-0.15, -0.1) is 11.3 Å². The number of ether oxygens (including phenoxy) is 1. The van der Waals surface area contributed by atoms with Crippen molar-refractivity contribution in [2.45, 2.75) is 12.2 Å². The zero-order chi connectivity index (χ0) is 12.3. The van der Waals surface area contributed by atoms with E-state index in [9.17, 15) is 13.2 Å². The van der Waals surface area contributed by atoms with Crippen LogP contribution < -0.4 is 5.73 Å². The molecule has 0 saturated heterocycles. The Bertz CT molecular complexity index is 336. The topological polar surface area (TPSA) is 35.2 Å². The van der Waals surface area contributed by atoms with Crippen LogP contribution in [0.5, 0.6) is 0 Å². The second-order valence-electron chi connectivity index (χ2n) is 3.01. The van der Waals surface area contributed by atoms with Gasteiger partial charge < -0.3 is 10.5 Å². The Morgan fingerprint density at radius 3 is 2.50 bits per heavy atom. The molecule has 1 aromatic heterocycles. The smallest absolute Gasteiger partial charge is 0.370 e. The maximum Gasteiger partial charge on any atom is 0.411 e. The number of alkyl halides is 3.